The summed E-state index contributed by atoms with van der Waals surface area (Å²) in [7, 11) is 3.65. The average Bonchev–Trinajstić information content (AvgIpc) is 2.28. The zero-order chi connectivity index (χ0) is 13.7. The van der Waals surface area contributed by atoms with E-state index in [4.69, 9.17) is 17.0 Å². The maximum absolute atomic E-state index is 5.35. The van der Waals surface area contributed by atoms with Gasteiger partial charge in [0.05, 0.1) is 7.11 Å². The number of benzene rings is 1. The minimum Gasteiger partial charge on any atom is -0.496 e. The van der Waals surface area contributed by atoms with Gasteiger partial charge in [0, 0.05) is 29.7 Å². The molecular formula is C13H19BrN2OS. The standard InChI is InChI=1S/C13H19BrN2OS/c1-9(2)15-13(18)16(3)8-10-7-11(14)5-6-12(10)17-4/h5-7,9H,8H2,1-4H3,(H,15,18). The summed E-state index contributed by atoms with van der Waals surface area (Å²) in [6.45, 7) is 4.85. The fourth-order valence-corrected chi connectivity index (χ4v) is 2.26. The van der Waals surface area contributed by atoms with Crippen LogP contribution in [0.1, 0.15) is 19.4 Å². The SMILES string of the molecule is COc1ccc(Br)cc1CN(C)C(=S)NC(C)C. The molecule has 5 heteroatoms. The summed E-state index contributed by atoms with van der Waals surface area (Å²) in [5.74, 6) is 0.873. The van der Waals surface area contributed by atoms with Crippen LogP contribution in [0.15, 0.2) is 22.7 Å². The predicted octanol–water partition coefficient (Wildman–Crippen LogP) is 3.17. The van der Waals surface area contributed by atoms with Crippen molar-refractivity contribution in [1.29, 1.82) is 0 Å². The minimum absolute atomic E-state index is 0.337. The van der Waals surface area contributed by atoms with Crippen LogP contribution in [-0.2, 0) is 6.54 Å². The summed E-state index contributed by atoms with van der Waals surface area (Å²) in [4.78, 5) is 2.00. The third-order valence-corrected chi connectivity index (χ3v) is 3.33. The van der Waals surface area contributed by atoms with Crippen LogP contribution < -0.4 is 10.1 Å². The van der Waals surface area contributed by atoms with E-state index in [1.807, 2.05) is 30.1 Å². The van der Waals surface area contributed by atoms with E-state index in [0.29, 0.717) is 12.6 Å². The van der Waals surface area contributed by atoms with Crippen LogP contribution in [0.25, 0.3) is 0 Å². The number of halogens is 1. The number of hydrogen-bond donors (Lipinski definition) is 1. The molecule has 1 N–H and O–H groups in total. The molecule has 0 unspecified atom stereocenters. The van der Waals surface area contributed by atoms with E-state index in [9.17, 15) is 0 Å². The van der Waals surface area contributed by atoms with Gasteiger partial charge in [0.25, 0.3) is 0 Å². The van der Waals surface area contributed by atoms with Crippen LogP contribution in [0.3, 0.4) is 0 Å². The van der Waals surface area contributed by atoms with E-state index in [-0.39, 0.29) is 0 Å². The molecule has 1 rings (SSSR count). The van der Waals surface area contributed by atoms with Gasteiger partial charge in [-0.3, -0.25) is 0 Å². The molecule has 1 aromatic carbocycles. The Balaban J connectivity index is 2.77. The molecule has 0 bridgehead atoms. The Labute approximate surface area is 123 Å². The van der Waals surface area contributed by atoms with Gasteiger partial charge in [-0.25, -0.2) is 0 Å². The monoisotopic (exact) mass is 330 g/mol. The second-order valence-corrected chi connectivity index (χ2v) is 5.72. The maximum Gasteiger partial charge on any atom is 0.169 e. The number of nitrogens with one attached hydrogen (secondary N) is 1. The normalized spacial score (nSPS) is 10.3. The van der Waals surface area contributed by atoms with Crippen molar-refractivity contribution in [3.8, 4) is 5.75 Å². The largest absolute Gasteiger partial charge is 0.496 e. The lowest BCUT2D eigenvalue weighted by molar-refractivity contribution is 0.396. The summed E-state index contributed by atoms with van der Waals surface area (Å²) < 4.78 is 6.39. The molecule has 3 nitrogen and oxygen atoms in total. The van der Waals surface area contributed by atoms with Crippen molar-refractivity contribution >= 4 is 33.3 Å². The molecule has 0 spiro atoms. The zero-order valence-electron chi connectivity index (χ0n) is 11.2. The predicted molar refractivity (Wildman–Crippen MR) is 83.0 cm³/mol. The van der Waals surface area contributed by atoms with E-state index >= 15 is 0 Å². The van der Waals surface area contributed by atoms with Gasteiger partial charge in [0.2, 0.25) is 0 Å². The highest BCUT2D eigenvalue weighted by Gasteiger charge is 2.10. The van der Waals surface area contributed by atoms with Crippen molar-refractivity contribution in [3.05, 3.63) is 28.2 Å². The molecule has 0 heterocycles. The Morgan fingerprint density at radius 2 is 2.17 bits per heavy atom. The van der Waals surface area contributed by atoms with Crippen molar-refractivity contribution in [3.63, 3.8) is 0 Å². The number of methoxy groups -OCH3 is 1. The molecule has 0 amide bonds. The highest BCUT2D eigenvalue weighted by atomic mass is 79.9. The van der Waals surface area contributed by atoms with Crippen LogP contribution in [0, 0.1) is 0 Å². The number of hydrogen-bond acceptors (Lipinski definition) is 2. The Hall–Kier alpha value is -0.810. The van der Waals surface area contributed by atoms with Gasteiger partial charge in [0.1, 0.15) is 5.75 Å². The second kappa shape index (κ2) is 6.95. The summed E-state index contributed by atoms with van der Waals surface area (Å²) in [6, 6.07) is 6.30. The lowest BCUT2D eigenvalue weighted by Crippen LogP contribution is -2.40. The van der Waals surface area contributed by atoms with Gasteiger partial charge in [-0.1, -0.05) is 15.9 Å². The van der Waals surface area contributed by atoms with Crippen LogP contribution in [0.2, 0.25) is 0 Å². The van der Waals surface area contributed by atoms with Crippen molar-refractivity contribution in [2.45, 2.75) is 26.4 Å². The molecule has 0 saturated heterocycles. The molecular weight excluding hydrogens is 312 g/mol. The summed E-state index contributed by atoms with van der Waals surface area (Å²) in [5.41, 5.74) is 1.10. The van der Waals surface area contributed by atoms with Gasteiger partial charge >= 0.3 is 0 Å². The van der Waals surface area contributed by atoms with Crippen molar-refractivity contribution in [1.82, 2.24) is 10.2 Å². The molecule has 1 aromatic rings. The number of thiocarbonyl (C=S) groups is 1. The molecule has 0 aromatic heterocycles. The van der Waals surface area contributed by atoms with E-state index in [1.54, 1.807) is 7.11 Å². The second-order valence-electron chi connectivity index (χ2n) is 4.42. The first kappa shape index (κ1) is 15.2. The minimum atomic E-state index is 0.337. The number of rotatable bonds is 4. The highest BCUT2D eigenvalue weighted by molar-refractivity contribution is 9.10. The lowest BCUT2D eigenvalue weighted by atomic mass is 10.2. The Morgan fingerprint density at radius 1 is 1.50 bits per heavy atom. The number of ether oxygens (including phenoxy) is 1. The van der Waals surface area contributed by atoms with Gasteiger partial charge in [0.15, 0.2) is 5.11 Å². The maximum atomic E-state index is 5.35. The summed E-state index contributed by atoms with van der Waals surface area (Å²) in [5, 5.41) is 3.96. The molecule has 0 atom stereocenters. The third kappa shape index (κ3) is 4.46. The quantitative estimate of drug-likeness (QED) is 0.857. The van der Waals surface area contributed by atoms with Gasteiger partial charge in [-0.2, -0.15) is 0 Å². The highest BCUT2D eigenvalue weighted by Crippen LogP contribution is 2.24. The Bertz CT molecular complexity index is 423. The van der Waals surface area contributed by atoms with E-state index in [2.05, 4.69) is 35.1 Å². The Morgan fingerprint density at radius 3 is 2.72 bits per heavy atom. The topological polar surface area (TPSA) is 24.5 Å². The first-order valence-electron chi connectivity index (χ1n) is 5.78. The number of nitrogens with zero attached hydrogens (tertiary/aromatic N) is 1. The van der Waals surface area contributed by atoms with Crippen molar-refractivity contribution in [2.75, 3.05) is 14.2 Å². The molecule has 0 radical (unpaired) electrons. The molecule has 0 aliphatic heterocycles. The Kier molecular flexibility index (Phi) is 5.88. The van der Waals surface area contributed by atoms with Crippen LogP contribution in [0.4, 0.5) is 0 Å². The van der Waals surface area contributed by atoms with E-state index < -0.39 is 0 Å². The first-order valence-corrected chi connectivity index (χ1v) is 6.98. The molecule has 100 valence electrons. The first-order chi connectivity index (χ1) is 8.43. The zero-order valence-corrected chi connectivity index (χ0v) is 13.6. The van der Waals surface area contributed by atoms with Crippen LogP contribution in [0.5, 0.6) is 5.75 Å². The molecule has 0 saturated carbocycles. The van der Waals surface area contributed by atoms with Crippen LogP contribution >= 0.6 is 28.1 Å². The summed E-state index contributed by atoms with van der Waals surface area (Å²) >= 11 is 8.80. The smallest absolute Gasteiger partial charge is 0.169 e. The van der Waals surface area contributed by atoms with Crippen LogP contribution in [-0.4, -0.2) is 30.2 Å². The molecule has 0 aliphatic carbocycles. The van der Waals surface area contributed by atoms with Crippen molar-refractivity contribution < 1.29 is 4.74 Å². The third-order valence-electron chi connectivity index (χ3n) is 2.41. The lowest BCUT2D eigenvalue weighted by Gasteiger charge is -2.23. The van der Waals surface area contributed by atoms with E-state index in [1.165, 1.54) is 0 Å². The average molecular weight is 331 g/mol. The van der Waals surface area contributed by atoms with Gasteiger partial charge in [-0.15, -0.1) is 0 Å². The van der Waals surface area contributed by atoms with E-state index in [0.717, 1.165) is 20.9 Å². The summed E-state index contributed by atoms with van der Waals surface area (Å²) in [6.07, 6.45) is 0. The van der Waals surface area contributed by atoms with Crippen molar-refractivity contribution in [2.24, 2.45) is 0 Å². The molecule has 0 aliphatic rings. The molecule has 0 fully saturated rings. The molecule has 18 heavy (non-hydrogen) atoms. The fourth-order valence-electron chi connectivity index (χ4n) is 1.56. The van der Waals surface area contributed by atoms with Gasteiger partial charge < -0.3 is 15.0 Å². The fraction of sp³-hybridized carbons (Fsp3) is 0.462. The van der Waals surface area contributed by atoms with Gasteiger partial charge in [-0.05, 0) is 44.3 Å².